The molecular weight excluding hydrogens is 378 g/mol. The van der Waals surface area contributed by atoms with Gasteiger partial charge in [-0.15, -0.1) is 0 Å². The molecule has 0 aromatic heterocycles. The van der Waals surface area contributed by atoms with E-state index in [0.29, 0.717) is 11.3 Å². The summed E-state index contributed by atoms with van der Waals surface area (Å²) in [4.78, 5) is 25.3. The Morgan fingerprint density at radius 3 is 2.41 bits per heavy atom. The van der Waals surface area contributed by atoms with E-state index in [1.54, 1.807) is 30.0 Å². The highest BCUT2D eigenvalue weighted by Crippen LogP contribution is 2.37. The second-order valence-electron chi connectivity index (χ2n) is 7.29. The molecule has 1 saturated carbocycles. The highest BCUT2D eigenvalue weighted by molar-refractivity contribution is 5.94. The Morgan fingerprint density at radius 2 is 1.83 bits per heavy atom. The summed E-state index contributed by atoms with van der Waals surface area (Å²) in [5.41, 5.74) is 6.41. The van der Waals surface area contributed by atoms with Crippen molar-refractivity contribution in [3.05, 3.63) is 53.1 Å². The average molecular weight is 402 g/mol. The van der Waals surface area contributed by atoms with E-state index in [2.05, 4.69) is 0 Å². The van der Waals surface area contributed by atoms with Crippen molar-refractivity contribution < 1.29 is 23.1 Å². The second-order valence-corrected chi connectivity index (χ2v) is 7.29. The van der Waals surface area contributed by atoms with Crippen LogP contribution in [0.4, 0.5) is 14.5 Å². The minimum atomic E-state index is -2.79. The van der Waals surface area contributed by atoms with Crippen LogP contribution in [0.3, 0.4) is 0 Å². The first-order valence-electron chi connectivity index (χ1n) is 9.58. The molecule has 1 aliphatic rings. The lowest BCUT2D eigenvalue weighted by Gasteiger charge is -2.28. The molecule has 154 valence electrons. The number of rotatable bonds is 6. The number of aryl methyl sites for hydroxylation is 1. The fourth-order valence-electron chi connectivity index (χ4n) is 3.82. The summed E-state index contributed by atoms with van der Waals surface area (Å²) >= 11 is 0. The predicted octanol–water partition coefficient (Wildman–Crippen LogP) is 5.12. The standard InChI is InChI=1S/C22H24F2N2O3/c1-13-7-9-17(12-18(13)22(25)28)29-20-10-8-16(11-19(20)21(23)24)26(14(2)27)15-5-3-4-6-15/h7-12,15,21H,3-6H2,1-2H3,(H2,25,28). The van der Waals surface area contributed by atoms with E-state index < -0.39 is 12.3 Å². The lowest BCUT2D eigenvalue weighted by Crippen LogP contribution is -2.37. The number of hydrogen-bond acceptors (Lipinski definition) is 3. The minimum absolute atomic E-state index is 0.0278. The number of carbonyl (C=O) groups excluding carboxylic acids is 2. The molecular formula is C22H24F2N2O3. The van der Waals surface area contributed by atoms with Gasteiger partial charge in [-0.1, -0.05) is 18.9 Å². The van der Waals surface area contributed by atoms with Crippen LogP contribution in [0, 0.1) is 6.92 Å². The molecule has 0 aliphatic heterocycles. The molecule has 3 rings (SSSR count). The first-order chi connectivity index (χ1) is 13.8. The summed E-state index contributed by atoms with van der Waals surface area (Å²) in [6.07, 6.45) is 0.977. The highest BCUT2D eigenvalue weighted by atomic mass is 19.3. The van der Waals surface area contributed by atoms with Crippen LogP contribution in [-0.2, 0) is 4.79 Å². The number of ether oxygens (including phenoxy) is 1. The van der Waals surface area contributed by atoms with E-state index in [1.165, 1.54) is 25.1 Å². The first kappa shape index (κ1) is 20.8. The van der Waals surface area contributed by atoms with Crippen molar-refractivity contribution in [2.45, 2.75) is 52.0 Å². The van der Waals surface area contributed by atoms with Gasteiger partial charge in [0.25, 0.3) is 6.43 Å². The molecule has 7 heteroatoms. The second kappa shape index (κ2) is 8.59. The average Bonchev–Trinajstić information content (AvgIpc) is 3.18. The Balaban J connectivity index is 1.95. The maximum absolute atomic E-state index is 13.8. The van der Waals surface area contributed by atoms with Crippen LogP contribution in [0.2, 0.25) is 0 Å². The van der Waals surface area contributed by atoms with Crippen LogP contribution < -0.4 is 15.4 Å². The van der Waals surface area contributed by atoms with E-state index in [0.717, 1.165) is 25.7 Å². The topological polar surface area (TPSA) is 72.6 Å². The molecule has 1 aliphatic carbocycles. The summed E-state index contributed by atoms with van der Waals surface area (Å²) in [6, 6.07) is 9.05. The van der Waals surface area contributed by atoms with E-state index in [1.807, 2.05) is 0 Å². The zero-order valence-electron chi connectivity index (χ0n) is 16.5. The van der Waals surface area contributed by atoms with Crippen LogP contribution in [-0.4, -0.2) is 17.9 Å². The summed E-state index contributed by atoms with van der Waals surface area (Å²) in [7, 11) is 0. The van der Waals surface area contributed by atoms with Crippen molar-refractivity contribution in [3.8, 4) is 11.5 Å². The van der Waals surface area contributed by atoms with Crippen molar-refractivity contribution >= 4 is 17.5 Å². The Bertz CT molecular complexity index is 924. The normalized spacial score (nSPS) is 14.2. The number of halogens is 2. The molecule has 5 nitrogen and oxygen atoms in total. The van der Waals surface area contributed by atoms with Gasteiger partial charge in [0.15, 0.2) is 0 Å². The molecule has 0 spiro atoms. The third kappa shape index (κ3) is 4.55. The van der Waals surface area contributed by atoms with Crippen LogP contribution in [0.15, 0.2) is 36.4 Å². The Hall–Kier alpha value is -2.96. The monoisotopic (exact) mass is 402 g/mol. The minimum Gasteiger partial charge on any atom is -0.457 e. The Labute approximate surface area is 168 Å². The van der Waals surface area contributed by atoms with Crippen LogP contribution in [0.1, 0.15) is 60.5 Å². The van der Waals surface area contributed by atoms with E-state index >= 15 is 0 Å². The SMILES string of the molecule is CC(=O)N(c1ccc(Oc2ccc(C)c(C(N)=O)c2)c(C(F)F)c1)C1CCCC1. The molecule has 0 saturated heterocycles. The molecule has 2 N–H and O–H groups in total. The number of nitrogens with zero attached hydrogens (tertiary/aromatic N) is 1. The van der Waals surface area contributed by atoms with Crippen molar-refractivity contribution in [2.75, 3.05) is 4.90 Å². The van der Waals surface area contributed by atoms with E-state index in [-0.39, 0.29) is 34.6 Å². The molecule has 0 unspecified atom stereocenters. The summed E-state index contributed by atoms with van der Waals surface area (Å²) < 4.78 is 33.2. The number of anilines is 1. The first-order valence-corrected chi connectivity index (χ1v) is 9.58. The highest BCUT2D eigenvalue weighted by Gasteiger charge is 2.27. The smallest absolute Gasteiger partial charge is 0.267 e. The van der Waals surface area contributed by atoms with Gasteiger partial charge in [0.1, 0.15) is 11.5 Å². The van der Waals surface area contributed by atoms with Gasteiger partial charge in [0.2, 0.25) is 11.8 Å². The van der Waals surface area contributed by atoms with Crippen molar-refractivity contribution in [2.24, 2.45) is 5.73 Å². The van der Waals surface area contributed by atoms with E-state index in [4.69, 9.17) is 10.5 Å². The molecule has 2 amide bonds. The van der Waals surface area contributed by atoms with Gasteiger partial charge in [-0.2, -0.15) is 0 Å². The zero-order valence-corrected chi connectivity index (χ0v) is 16.5. The zero-order chi connectivity index (χ0) is 21.1. The van der Waals surface area contributed by atoms with Gasteiger partial charge >= 0.3 is 0 Å². The molecule has 0 radical (unpaired) electrons. The summed E-state index contributed by atoms with van der Waals surface area (Å²) in [6.45, 7) is 3.17. The Morgan fingerprint density at radius 1 is 1.14 bits per heavy atom. The van der Waals surface area contributed by atoms with Crippen molar-refractivity contribution in [3.63, 3.8) is 0 Å². The number of alkyl halides is 2. The fraction of sp³-hybridized carbons (Fsp3) is 0.364. The quantitative estimate of drug-likeness (QED) is 0.729. The molecule has 2 aromatic rings. The summed E-state index contributed by atoms with van der Waals surface area (Å²) in [5, 5.41) is 0. The number of benzene rings is 2. The van der Waals surface area contributed by atoms with Crippen LogP contribution in [0.25, 0.3) is 0 Å². The largest absolute Gasteiger partial charge is 0.457 e. The number of hydrogen-bond donors (Lipinski definition) is 1. The van der Waals surface area contributed by atoms with Gasteiger partial charge in [-0.05, 0) is 55.7 Å². The lowest BCUT2D eigenvalue weighted by molar-refractivity contribution is -0.117. The number of nitrogens with two attached hydrogens (primary N) is 1. The van der Waals surface area contributed by atoms with E-state index in [9.17, 15) is 18.4 Å². The Kier molecular flexibility index (Phi) is 6.15. The van der Waals surface area contributed by atoms with Crippen molar-refractivity contribution in [1.29, 1.82) is 0 Å². The molecule has 2 aromatic carbocycles. The van der Waals surface area contributed by atoms with Crippen molar-refractivity contribution in [1.82, 2.24) is 0 Å². The molecule has 0 heterocycles. The third-order valence-corrected chi connectivity index (χ3v) is 5.24. The predicted molar refractivity (Wildman–Crippen MR) is 107 cm³/mol. The number of amides is 2. The molecule has 0 atom stereocenters. The van der Waals surface area contributed by atoms with Gasteiger partial charge < -0.3 is 15.4 Å². The maximum Gasteiger partial charge on any atom is 0.267 e. The number of primary amides is 1. The summed E-state index contributed by atoms with van der Waals surface area (Å²) in [5.74, 6) is -0.585. The molecule has 1 fully saturated rings. The van der Waals surface area contributed by atoms with Gasteiger partial charge in [0.05, 0.1) is 5.56 Å². The van der Waals surface area contributed by atoms with Gasteiger partial charge in [-0.3, -0.25) is 9.59 Å². The van der Waals surface area contributed by atoms with Crippen LogP contribution >= 0.6 is 0 Å². The molecule has 0 bridgehead atoms. The molecule has 29 heavy (non-hydrogen) atoms. The maximum atomic E-state index is 13.8. The number of carbonyl (C=O) groups is 2. The van der Waals surface area contributed by atoms with Gasteiger partial charge in [0, 0.05) is 24.2 Å². The van der Waals surface area contributed by atoms with Crippen LogP contribution in [0.5, 0.6) is 11.5 Å². The fourth-order valence-corrected chi connectivity index (χ4v) is 3.82. The third-order valence-electron chi connectivity index (χ3n) is 5.24. The lowest BCUT2D eigenvalue weighted by atomic mass is 10.1. The van der Waals surface area contributed by atoms with Gasteiger partial charge in [-0.25, -0.2) is 8.78 Å².